The summed E-state index contributed by atoms with van der Waals surface area (Å²) >= 11 is 1.61. The normalized spacial score (nSPS) is 14.7. The van der Waals surface area contributed by atoms with Crippen LogP contribution in [0.2, 0.25) is 0 Å². The van der Waals surface area contributed by atoms with E-state index < -0.39 is 0 Å². The Bertz CT molecular complexity index is 606. The molecule has 0 N–H and O–H groups in total. The Hall–Kier alpha value is -1.76. The lowest BCUT2D eigenvalue weighted by Gasteiger charge is -2.06. The highest BCUT2D eigenvalue weighted by Crippen LogP contribution is 2.36. The minimum absolute atomic E-state index is 0.266. The number of carbonyl (C=O) groups excluding carboxylic acids is 1. The lowest BCUT2D eigenvalue weighted by atomic mass is 10.1. The number of esters is 1. The fourth-order valence-electron chi connectivity index (χ4n) is 2.56. The van der Waals surface area contributed by atoms with Crippen molar-refractivity contribution < 1.29 is 9.53 Å². The Morgan fingerprint density at radius 2 is 2.25 bits per heavy atom. The Kier molecular flexibility index (Phi) is 3.77. The summed E-state index contributed by atoms with van der Waals surface area (Å²) in [4.78, 5) is 13.6. The molecule has 0 unspecified atom stereocenters. The summed E-state index contributed by atoms with van der Waals surface area (Å²) in [6.45, 7) is 2.19. The molecule has 1 aliphatic carbocycles. The highest BCUT2D eigenvalue weighted by atomic mass is 32.1. The molecule has 0 bridgehead atoms. The van der Waals surface area contributed by atoms with Crippen LogP contribution < -0.4 is 0 Å². The van der Waals surface area contributed by atoms with Gasteiger partial charge in [0.1, 0.15) is 11.3 Å². The summed E-state index contributed by atoms with van der Waals surface area (Å²) in [6, 6.07) is 0. The summed E-state index contributed by atoms with van der Waals surface area (Å²) in [5.41, 5.74) is 1.79. The Morgan fingerprint density at radius 1 is 1.40 bits per heavy atom. The van der Waals surface area contributed by atoms with E-state index in [1.165, 1.54) is 24.0 Å². The van der Waals surface area contributed by atoms with Crippen LogP contribution in [-0.2, 0) is 17.6 Å². The monoisotopic (exact) mass is 292 g/mol. The van der Waals surface area contributed by atoms with Gasteiger partial charge in [-0.2, -0.15) is 4.68 Å². The van der Waals surface area contributed by atoms with Crippen LogP contribution in [-0.4, -0.2) is 32.8 Å². The minimum Gasteiger partial charge on any atom is -0.462 e. The SMILES string of the molecule is CCOC(=O)c1c(-n2cnnn2)sc2c1CCCCC2. The van der Waals surface area contributed by atoms with E-state index in [1.807, 2.05) is 6.92 Å². The van der Waals surface area contributed by atoms with Gasteiger partial charge in [0, 0.05) is 4.88 Å². The number of thiophene rings is 1. The Morgan fingerprint density at radius 3 is 3.00 bits per heavy atom. The first-order valence-corrected chi connectivity index (χ1v) is 7.68. The molecule has 0 fully saturated rings. The van der Waals surface area contributed by atoms with Crippen molar-refractivity contribution in [1.29, 1.82) is 0 Å². The van der Waals surface area contributed by atoms with Crippen LogP contribution in [0, 0.1) is 0 Å². The molecule has 0 aliphatic heterocycles. The van der Waals surface area contributed by atoms with E-state index in [0.29, 0.717) is 12.2 Å². The fourth-order valence-corrected chi connectivity index (χ4v) is 3.85. The molecule has 20 heavy (non-hydrogen) atoms. The third-order valence-electron chi connectivity index (χ3n) is 3.44. The first kappa shape index (κ1) is 13.2. The average Bonchev–Trinajstić information content (AvgIpc) is 3.02. The number of aromatic nitrogens is 4. The second kappa shape index (κ2) is 5.70. The zero-order valence-corrected chi connectivity index (χ0v) is 12.2. The van der Waals surface area contributed by atoms with Gasteiger partial charge in [-0.25, -0.2) is 4.79 Å². The van der Waals surface area contributed by atoms with Gasteiger partial charge >= 0.3 is 5.97 Å². The largest absolute Gasteiger partial charge is 0.462 e. The number of hydrogen-bond acceptors (Lipinski definition) is 6. The van der Waals surface area contributed by atoms with Crippen LogP contribution in [0.4, 0.5) is 0 Å². The van der Waals surface area contributed by atoms with Crippen molar-refractivity contribution in [3.05, 3.63) is 22.3 Å². The fraction of sp³-hybridized carbons (Fsp3) is 0.538. The van der Waals surface area contributed by atoms with Crippen molar-refractivity contribution in [3.63, 3.8) is 0 Å². The van der Waals surface area contributed by atoms with E-state index in [4.69, 9.17) is 4.74 Å². The van der Waals surface area contributed by atoms with Crippen molar-refractivity contribution in [2.75, 3.05) is 6.61 Å². The number of ether oxygens (including phenoxy) is 1. The van der Waals surface area contributed by atoms with Crippen molar-refractivity contribution in [2.45, 2.75) is 39.0 Å². The molecule has 0 atom stereocenters. The summed E-state index contributed by atoms with van der Waals surface area (Å²) in [5.74, 6) is -0.266. The third-order valence-corrected chi connectivity index (χ3v) is 4.72. The average molecular weight is 292 g/mol. The quantitative estimate of drug-likeness (QED) is 0.640. The topological polar surface area (TPSA) is 69.9 Å². The van der Waals surface area contributed by atoms with Crippen LogP contribution in [0.3, 0.4) is 0 Å². The van der Waals surface area contributed by atoms with Gasteiger partial charge in [0.05, 0.1) is 12.2 Å². The molecule has 0 saturated carbocycles. The van der Waals surface area contributed by atoms with E-state index in [1.54, 1.807) is 16.0 Å². The number of aryl methyl sites for hydroxylation is 1. The van der Waals surface area contributed by atoms with Gasteiger partial charge < -0.3 is 4.74 Å². The molecule has 2 aromatic heterocycles. The van der Waals surface area contributed by atoms with Crippen LogP contribution in [0.25, 0.3) is 5.00 Å². The molecule has 2 aromatic rings. The molecule has 1 aliphatic rings. The second-order valence-electron chi connectivity index (χ2n) is 4.72. The highest BCUT2D eigenvalue weighted by Gasteiger charge is 2.26. The lowest BCUT2D eigenvalue weighted by Crippen LogP contribution is -2.10. The van der Waals surface area contributed by atoms with E-state index in [2.05, 4.69) is 15.5 Å². The minimum atomic E-state index is -0.266. The summed E-state index contributed by atoms with van der Waals surface area (Å²) in [7, 11) is 0. The third kappa shape index (κ3) is 2.33. The summed E-state index contributed by atoms with van der Waals surface area (Å²) < 4.78 is 6.78. The molecule has 7 heteroatoms. The molecule has 0 saturated heterocycles. The second-order valence-corrected chi connectivity index (χ2v) is 5.80. The van der Waals surface area contributed by atoms with Gasteiger partial charge in [0.15, 0.2) is 0 Å². The molecule has 0 radical (unpaired) electrons. The first-order valence-electron chi connectivity index (χ1n) is 6.86. The van der Waals surface area contributed by atoms with Gasteiger partial charge in [0.2, 0.25) is 0 Å². The van der Waals surface area contributed by atoms with Gasteiger partial charge in [-0.1, -0.05) is 6.42 Å². The molecule has 0 spiro atoms. The molecule has 0 aromatic carbocycles. The maximum absolute atomic E-state index is 12.3. The van der Waals surface area contributed by atoms with E-state index >= 15 is 0 Å². The van der Waals surface area contributed by atoms with Crippen LogP contribution >= 0.6 is 11.3 Å². The molecule has 6 nitrogen and oxygen atoms in total. The van der Waals surface area contributed by atoms with Crippen molar-refractivity contribution in [3.8, 4) is 5.00 Å². The van der Waals surface area contributed by atoms with Crippen LogP contribution in [0.1, 0.15) is 47.0 Å². The van der Waals surface area contributed by atoms with Gasteiger partial charge in [-0.3, -0.25) is 0 Å². The Balaban J connectivity index is 2.11. The zero-order chi connectivity index (χ0) is 13.9. The van der Waals surface area contributed by atoms with E-state index in [0.717, 1.165) is 29.8 Å². The molecule has 3 rings (SSSR count). The van der Waals surface area contributed by atoms with Crippen molar-refractivity contribution in [1.82, 2.24) is 20.2 Å². The van der Waals surface area contributed by atoms with Crippen LogP contribution in [0.5, 0.6) is 0 Å². The van der Waals surface area contributed by atoms with Crippen LogP contribution in [0.15, 0.2) is 6.33 Å². The molecule has 0 amide bonds. The highest BCUT2D eigenvalue weighted by molar-refractivity contribution is 7.15. The number of fused-ring (bicyclic) bond motifs is 1. The molecule has 2 heterocycles. The zero-order valence-electron chi connectivity index (χ0n) is 11.3. The van der Waals surface area contributed by atoms with Gasteiger partial charge in [-0.15, -0.1) is 16.4 Å². The Labute approximate surface area is 120 Å². The molecular weight excluding hydrogens is 276 g/mol. The number of hydrogen-bond donors (Lipinski definition) is 0. The number of rotatable bonds is 3. The number of tetrazole rings is 1. The standard InChI is InChI=1S/C13H16N4O2S/c1-2-19-13(18)11-9-6-4-3-5-7-10(9)20-12(11)17-8-14-15-16-17/h8H,2-7H2,1H3. The maximum atomic E-state index is 12.3. The summed E-state index contributed by atoms with van der Waals surface area (Å²) in [6.07, 6.45) is 6.98. The predicted octanol–water partition coefficient (Wildman–Crippen LogP) is 2.17. The number of nitrogens with zero attached hydrogens (tertiary/aromatic N) is 4. The summed E-state index contributed by atoms with van der Waals surface area (Å²) in [5, 5.41) is 12.0. The maximum Gasteiger partial charge on any atom is 0.341 e. The van der Waals surface area contributed by atoms with E-state index in [-0.39, 0.29) is 5.97 Å². The van der Waals surface area contributed by atoms with E-state index in [9.17, 15) is 4.79 Å². The van der Waals surface area contributed by atoms with Gasteiger partial charge in [0.25, 0.3) is 0 Å². The van der Waals surface area contributed by atoms with Gasteiger partial charge in [-0.05, 0) is 48.6 Å². The van der Waals surface area contributed by atoms with Crippen molar-refractivity contribution >= 4 is 17.3 Å². The smallest absolute Gasteiger partial charge is 0.341 e. The van der Waals surface area contributed by atoms with Crippen molar-refractivity contribution in [2.24, 2.45) is 0 Å². The number of carbonyl (C=O) groups is 1. The first-order chi connectivity index (χ1) is 9.81. The lowest BCUT2D eigenvalue weighted by molar-refractivity contribution is 0.0525. The molecular formula is C13H16N4O2S. The molecule has 106 valence electrons. The predicted molar refractivity (Wildman–Crippen MR) is 74.2 cm³/mol.